The monoisotopic (exact) mass is 647 g/mol. The first-order valence-corrected chi connectivity index (χ1v) is 15.7. The Hall–Kier alpha value is -2.82. The van der Waals surface area contributed by atoms with Crippen LogP contribution in [0.2, 0.25) is 0 Å². The number of aldehydes is 2. The lowest BCUT2D eigenvalue weighted by Crippen LogP contribution is -2.47. The van der Waals surface area contributed by atoms with Crippen molar-refractivity contribution < 1.29 is 18.8 Å². The summed E-state index contributed by atoms with van der Waals surface area (Å²) in [6.07, 6.45) is 6.53. The van der Waals surface area contributed by atoms with Crippen molar-refractivity contribution in [1.29, 1.82) is 0 Å². The summed E-state index contributed by atoms with van der Waals surface area (Å²) in [6.45, 7) is 8.22. The van der Waals surface area contributed by atoms with Crippen molar-refractivity contribution >= 4 is 45.8 Å². The fourth-order valence-corrected chi connectivity index (χ4v) is 6.15. The van der Waals surface area contributed by atoms with Crippen LogP contribution in [-0.2, 0) is 16.1 Å². The number of carbonyl (C=O) groups excluding carboxylic acids is 3. The maximum atomic E-state index is 14.1. The third-order valence-electron chi connectivity index (χ3n) is 8.23. The molecule has 2 saturated heterocycles. The lowest BCUT2D eigenvalue weighted by molar-refractivity contribution is -0.120. The van der Waals surface area contributed by atoms with Crippen LogP contribution in [0.4, 0.5) is 15.8 Å². The van der Waals surface area contributed by atoms with Crippen LogP contribution < -0.4 is 26.2 Å². The van der Waals surface area contributed by atoms with E-state index in [1.54, 1.807) is 13.1 Å². The molecule has 4 rings (SSSR count). The van der Waals surface area contributed by atoms with Gasteiger partial charge in [-0.1, -0.05) is 35.8 Å². The first-order valence-electron chi connectivity index (χ1n) is 14.9. The Labute approximate surface area is 258 Å². The quantitative estimate of drug-likeness (QED) is 0.309. The highest BCUT2D eigenvalue weighted by Crippen LogP contribution is 2.43. The molecule has 4 N–H and O–H groups in total. The molecule has 2 aliphatic heterocycles. The number of halogens is 2. The van der Waals surface area contributed by atoms with E-state index in [1.165, 1.54) is 18.8 Å². The second-order valence-corrected chi connectivity index (χ2v) is 11.2. The lowest BCUT2D eigenvalue weighted by Gasteiger charge is -2.48. The van der Waals surface area contributed by atoms with Gasteiger partial charge < -0.3 is 31.0 Å². The molecule has 0 radical (unpaired) electrons. The van der Waals surface area contributed by atoms with Crippen LogP contribution in [0.1, 0.15) is 68.3 Å². The molecule has 1 amide bonds. The molecule has 8 nitrogen and oxygen atoms in total. The predicted molar refractivity (Wildman–Crippen MR) is 173 cm³/mol. The molecule has 1 spiro atoms. The van der Waals surface area contributed by atoms with Crippen molar-refractivity contribution in [2.45, 2.75) is 65.0 Å². The molecule has 1 unspecified atom stereocenters. The molecule has 1 atom stereocenters. The van der Waals surface area contributed by atoms with Gasteiger partial charge in [0.25, 0.3) is 0 Å². The summed E-state index contributed by atoms with van der Waals surface area (Å²) >= 11 is 3.70. The first-order chi connectivity index (χ1) is 20.4. The SMILES string of the molecule is CC.CN.CNC(=O)CCC(C=O)NCc1c(Br)cccc1N1CCC2(CCN(c3ccc(C=O)c(F)c3)CC2)CC1. The molecule has 232 valence electrons. The average molecular weight is 649 g/mol. The van der Waals surface area contributed by atoms with Crippen molar-refractivity contribution in [1.82, 2.24) is 10.6 Å². The van der Waals surface area contributed by atoms with E-state index < -0.39 is 5.82 Å². The number of anilines is 2. The molecular formula is C32H47BrFN5O3. The molecule has 0 aliphatic carbocycles. The smallest absolute Gasteiger partial charge is 0.219 e. The number of hydrogen-bond donors (Lipinski definition) is 3. The number of rotatable bonds is 10. The molecule has 2 aliphatic rings. The fraction of sp³-hybridized carbons (Fsp3) is 0.531. The molecule has 42 heavy (non-hydrogen) atoms. The Balaban J connectivity index is 0.00000148. The number of nitrogens with two attached hydrogens (primary N) is 1. The number of amides is 1. The highest BCUT2D eigenvalue weighted by Gasteiger charge is 2.38. The Bertz CT molecular complexity index is 1150. The third-order valence-corrected chi connectivity index (χ3v) is 8.97. The van der Waals surface area contributed by atoms with Crippen LogP contribution >= 0.6 is 15.9 Å². The standard InChI is InChI=1S/C29H36BrFN4O3.C2H6.CH5N/c1-32-28(38)8-6-22(20-37)33-18-24-25(30)3-2-4-27(24)35-15-11-29(12-16-35)9-13-34(14-10-29)23-7-5-21(19-36)26(31)17-23;2*1-2/h2-5,7,17,19-20,22,33H,6,8-16,18H2,1H3,(H,32,38);1-2H3;2H2,1H3. The van der Waals surface area contributed by atoms with Crippen LogP contribution in [0.25, 0.3) is 0 Å². The van der Waals surface area contributed by atoms with Crippen molar-refractivity contribution in [3.8, 4) is 0 Å². The van der Waals surface area contributed by atoms with Crippen LogP contribution in [-0.4, -0.2) is 64.8 Å². The predicted octanol–water partition coefficient (Wildman–Crippen LogP) is 5.07. The lowest BCUT2D eigenvalue weighted by atomic mass is 9.71. The van der Waals surface area contributed by atoms with Crippen molar-refractivity contribution in [3.05, 3.63) is 57.8 Å². The summed E-state index contributed by atoms with van der Waals surface area (Å²) in [4.78, 5) is 38.8. The number of carbonyl (C=O) groups is 3. The fourth-order valence-electron chi connectivity index (χ4n) is 5.65. The zero-order valence-corrected chi connectivity index (χ0v) is 27.0. The normalized spacial score (nSPS) is 16.4. The van der Waals surface area contributed by atoms with Crippen LogP contribution in [0.3, 0.4) is 0 Å². The van der Waals surface area contributed by atoms with Crippen LogP contribution in [0, 0.1) is 11.2 Å². The van der Waals surface area contributed by atoms with Gasteiger partial charge in [0, 0.05) is 67.6 Å². The van der Waals surface area contributed by atoms with Crippen molar-refractivity contribution in [2.75, 3.05) is 50.1 Å². The molecule has 2 aromatic carbocycles. The summed E-state index contributed by atoms with van der Waals surface area (Å²) in [5, 5.41) is 5.91. The summed E-state index contributed by atoms with van der Waals surface area (Å²) in [6, 6.07) is 10.7. The van der Waals surface area contributed by atoms with Crippen molar-refractivity contribution in [3.63, 3.8) is 0 Å². The van der Waals surface area contributed by atoms with Gasteiger partial charge in [-0.25, -0.2) is 4.39 Å². The Kier molecular flexibility index (Phi) is 15.1. The number of nitrogens with zero attached hydrogens (tertiary/aromatic N) is 2. The van der Waals surface area contributed by atoms with E-state index in [9.17, 15) is 18.8 Å². The van der Waals surface area contributed by atoms with E-state index in [-0.39, 0.29) is 17.5 Å². The topological polar surface area (TPSA) is 108 Å². The van der Waals surface area contributed by atoms with Gasteiger partial charge in [-0.2, -0.15) is 0 Å². The molecule has 0 aromatic heterocycles. The molecule has 2 fully saturated rings. The Morgan fingerprint density at radius 2 is 1.67 bits per heavy atom. The van der Waals surface area contributed by atoms with Gasteiger partial charge in [0.15, 0.2) is 6.29 Å². The van der Waals surface area contributed by atoms with E-state index in [4.69, 9.17) is 0 Å². The second kappa shape index (κ2) is 18.0. The molecular weight excluding hydrogens is 601 g/mol. The van der Waals surface area contributed by atoms with Crippen LogP contribution in [0.15, 0.2) is 40.9 Å². The summed E-state index contributed by atoms with van der Waals surface area (Å²) in [7, 11) is 3.10. The summed E-state index contributed by atoms with van der Waals surface area (Å²) in [5.74, 6) is -0.535. The van der Waals surface area contributed by atoms with Gasteiger partial charge >= 0.3 is 0 Å². The zero-order valence-electron chi connectivity index (χ0n) is 25.4. The van der Waals surface area contributed by atoms with E-state index in [0.717, 1.165) is 73.9 Å². The van der Waals surface area contributed by atoms with E-state index in [1.807, 2.05) is 32.0 Å². The van der Waals surface area contributed by atoms with Gasteiger partial charge in [0.2, 0.25) is 5.91 Å². The number of nitrogens with one attached hydrogen (secondary N) is 2. The van der Waals surface area contributed by atoms with Gasteiger partial charge in [0.05, 0.1) is 11.6 Å². The average Bonchev–Trinajstić information content (AvgIpc) is 3.04. The molecule has 2 heterocycles. The second-order valence-electron chi connectivity index (χ2n) is 10.4. The van der Waals surface area contributed by atoms with E-state index >= 15 is 0 Å². The third kappa shape index (κ3) is 9.34. The highest BCUT2D eigenvalue weighted by molar-refractivity contribution is 9.10. The largest absolute Gasteiger partial charge is 0.371 e. The van der Waals surface area contributed by atoms with Gasteiger partial charge in [-0.15, -0.1) is 0 Å². The highest BCUT2D eigenvalue weighted by atomic mass is 79.9. The summed E-state index contributed by atoms with van der Waals surface area (Å²) < 4.78 is 15.1. The number of hydrogen-bond acceptors (Lipinski definition) is 7. The van der Waals surface area contributed by atoms with Gasteiger partial charge in [-0.3, -0.25) is 9.59 Å². The first kappa shape index (κ1) is 35.4. The molecule has 0 saturated carbocycles. The minimum atomic E-state index is -0.462. The maximum absolute atomic E-state index is 14.1. The minimum Gasteiger partial charge on any atom is -0.371 e. The Morgan fingerprint density at radius 3 is 2.21 bits per heavy atom. The van der Waals surface area contributed by atoms with Crippen molar-refractivity contribution in [2.24, 2.45) is 11.1 Å². The summed E-state index contributed by atoms with van der Waals surface area (Å²) in [5.41, 5.74) is 8.02. The molecule has 10 heteroatoms. The van der Waals surface area contributed by atoms with Gasteiger partial charge in [-0.05, 0) is 74.9 Å². The molecule has 0 bridgehead atoms. The maximum Gasteiger partial charge on any atom is 0.219 e. The Morgan fingerprint density at radius 1 is 1.05 bits per heavy atom. The number of benzene rings is 2. The van der Waals surface area contributed by atoms with Crippen LogP contribution in [0.5, 0.6) is 0 Å². The van der Waals surface area contributed by atoms with Gasteiger partial charge in [0.1, 0.15) is 12.1 Å². The molecule has 2 aromatic rings. The zero-order chi connectivity index (χ0) is 31.1. The van der Waals surface area contributed by atoms with E-state index in [0.29, 0.717) is 31.1 Å². The number of piperidine rings is 2. The minimum absolute atomic E-state index is 0.0729. The van der Waals surface area contributed by atoms with E-state index in [2.05, 4.69) is 48.2 Å².